The number of halogens is 2. The summed E-state index contributed by atoms with van der Waals surface area (Å²) >= 11 is 0. The Labute approximate surface area is 208 Å². The third-order valence-electron chi connectivity index (χ3n) is 6.11. The molecule has 36 heavy (non-hydrogen) atoms. The van der Waals surface area contributed by atoms with Gasteiger partial charge in [-0.25, -0.2) is 13.8 Å². The number of rotatable bonds is 8. The van der Waals surface area contributed by atoms with Gasteiger partial charge in [-0.05, 0) is 30.3 Å². The van der Waals surface area contributed by atoms with Crippen molar-refractivity contribution >= 4 is 34.7 Å². The maximum atomic E-state index is 14.0. The lowest BCUT2D eigenvalue weighted by molar-refractivity contribution is -0.131. The second kappa shape index (κ2) is 11.0. The number of piperazine rings is 1. The number of carbonyl (C=O) groups excluding carboxylic acids is 2. The van der Waals surface area contributed by atoms with Gasteiger partial charge < -0.3 is 26.2 Å². The molecule has 8 nitrogen and oxygen atoms in total. The monoisotopic (exact) mass is 494 g/mol. The molecular formula is C26H28F2N6O2. The second-order valence-electron chi connectivity index (χ2n) is 8.44. The molecule has 10 heteroatoms. The quantitative estimate of drug-likeness (QED) is 0.439. The van der Waals surface area contributed by atoms with E-state index in [0.717, 1.165) is 30.5 Å². The van der Waals surface area contributed by atoms with Crippen LogP contribution in [0.5, 0.6) is 0 Å². The Kier molecular flexibility index (Phi) is 7.62. The van der Waals surface area contributed by atoms with Gasteiger partial charge in [0.15, 0.2) is 11.6 Å². The summed E-state index contributed by atoms with van der Waals surface area (Å²) in [6.07, 6.45) is 1.86. The second-order valence-corrected chi connectivity index (χ2v) is 8.44. The number of carbonyl (C=O) groups is 2. The van der Waals surface area contributed by atoms with Gasteiger partial charge in [-0.2, -0.15) is 0 Å². The van der Waals surface area contributed by atoms with Gasteiger partial charge in [0.1, 0.15) is 5.82 Å². The van der Waals surface area contributed by atoms with E-state index < -0.39 is 17.5 Å². The first-order valence-electron chi connectivity index (χ1n) is 11.7. The summed E-state index contributed by atoms with van der Waals surface area (Å²) in [5.74, 6) is -1.96. The molecule has 0 radical (unpaired) electrons. The van der Waals surface area contributed by atoms with Crippen molar-refractivity contribution in [1.82, 2.24) is 9.88 Å². The molecule has 2 aromatic carbocycles. The van der Waals surface area contributed by atoms with Crippen molar-refractivity contribution in [2.45, 2.75) is 19.9 Å². The van der Waals surface area contributed by atoms with Gasteiger partial charge in [-0.15, -0.1) is 0 Å². The molecule has 0 unspecified atom stereocenters. The Bertz CT molecular complexity index is 1240. The highest BCUT2D eigenvalue weighted by molar-refractivity contribution is 5.98. The summed E-state index contributed by atoms with van der Waals surface area (Å²) in [7, 11) is 0. The van der Waals surface area contributed by atoms with Crippen LogP contribution in [0.4, 0.5) is 31.7 Å². The summed E-state index contributed by atoms with van der Waals surface area (Å²) < 4.78 is 27.5. The lowest BCUT2D eigenvalue weighted by Gasteiger charge is -2.36. The Balaban J connectivity index is 1.43. The number of amides is 2. The van der Waals surface area contributed by atoms with Crippen molar-refractivity contribution in [1.29, 1.82) is 0 Å². The van der Waals surface area contributed by atoms with Gasteiger partial charge >= 0.3 is 0 Å². The largest absolute Gasteiger partial charge is 0.380 e. The summed E-state index contributed by atoms with van der Waals surface area (Å²) in [5, 5.41) is 6.13. The third-order valence-corrected chi connectivity index (χ3v) is 6.11. The highest BCUT2D eigenvalue weighted by atomic mass is 19.2. The molecule has 4 N–H and O–H groups in total. The number of nitrogens with zero attached hydrogens (tertiary/aromatic N) is 3. The number of primary amides is 1. The summed E-state index contributed by atoms with van der Waals surface area (Å²) in [4.78, 5) is 32.1. The lowest BCUT2D eigenvalue weighted by atomic mass is 10.1. The van der Waals surface area contributed by atoms with Crippen molar-refractivity contribution in [2.75, 3.05) is 41.7 Å². The molecule has 2 heterocycles. The molecular weight excluding hydrogens is 466 g/mol. The van der Waals surface area contributed by atoms with Crippen LogP contribution in [-0.2, 0) is 11.3 Å². The summed E-state index contributed by atoms with van der Waals surface area (Å²) in [5.41, 5.74) is 7.89. The molecule has 1 saturated heterocycles. The SMILES string of the molecule is CCC(=O)N1CCN(c2ccc(Nc3cc(NCc4cccc(F)c4F)c(C(N)=O)cn3)cc2)CC1. The van der Waals surface area contributed by atoms with Crippen LogP contribution in [-0.4, -0.2) is 47.9 Å². The highest BCUT2D eigenvalue weighted by Gasteiger charge is 2.20. The number of pyridine rings is 1. The Morgan fingerprint density at radius 3 is 2.44 bits per heavy atom. The average Bonchev–Trinajstić information content (AvgIpc) is 2.89. The molecule has 1 aromatic heterocycles. The summed E-state index contributed by atoms with van der Waals surface area (Å²) in [6, 6.07) is 13.3. The molecule has 3 aromatic rings. The van der Waals surface area contributed by atoms with Crippen LogP contribution in [0.1, 0.15) is 29.3 Å². The molecule has 188 valence electrons. The fraction of sp³-hybridized carbons (Fsp3) is 0.269. The number of anilines is 4. The maximum Gasteiger partial charge on any atom is 0.252 e. The molecule has 0 atom stereocenters. The van der Waals surface area contributed by atoms with Crippen LogP contribution < -0.4 is 21.3 Å². The first kappa shape index (κ1) is 24.9. The van der Waals surface area contributed by atoms with Crippen LogP contribution in [0.25, 0.3) is 0 Å². The Morgan fingerprint density at radius 1 is 1.06 bits per heavy atom. The number of nitrogens with one attached hydrogen (secondary N) is 2. The fourth-order valence-corrected chi connectivity index (χ4v) is 4.08. The van der Waals surface area contributed by atoms with Crippen molar-refractivity contribution < 1.29 is 18.4 Å². The molecule has 1 aliphatic rings. The predicted molar refractivity (Wildman–Crippen MR) is 135 cm³/mol. The van der Waals surface area contributed by atoms with Gasteiger partial charge in [-0.3, -0.25) is 9.59 Å². The van der Waals surface area contributed by atoms with E-state index in [9.17, 15) is 18.4 Å². The van der Waals surface area contributed by atoms with E-state index in [-0.39, 0.29) is 23.6 Å². The minimum absolute atomic E-state index is 0.0425. The zero-order valence-electron chi connectivity index (χ0n) is 19.9. The number of hydrogen-bond donors (Lipinski definition) is 3. The van der Waals surface area contributed by atoms with Crippen molar-refractivity contribution in [2.24, 2.45) is 5.73 Å². The Hall–Kier alpha value is -4.21. The standard InChI is InChI=1S/C26H28F2N6O2/c1-2-24(35)34-12-10-33(11-13-34)19-8-6-18(7-9-19)32-23-14-22(20(16-31-23)26(29)36)30-15-17-4-3-5-21(27)25(17)28/h3-9,14,16H,2,10-13,15H2,1H3,(H2,29,36)(H2,30,31,32). The molecule has 0 aliphatic carbocycles. The molecule has 0 spiro atoms. The van der Waals surface area contributed by atoms with Crippen LogP contribution >= 0.6 is 0 Å². The molecule has 1 fully saturated rings. The molecule has 2 amide bonds. The Morgan fingerprint density at radius 2 is 1.78 bits per heavy atom. The average molecular weight is 495 g/mol. The van der Waals surface area contributed by atoms with E-state index in [4.69, 9.17) is 5.73 Å². The van der Waals surface area contributed by atoms with Crippen molar-refractivity contribution in [3.63, 3.8) is 0 Å². The van der Waals surface area contributed by atoms with E-state index in [1.54, 1.807) is 6.07 Å². The smallest absolute Gasteiger partial charge is 0.252 e. The van der Waals surface area contributed by atoms with Crippen molar-refractivity contribution in [3.8, 4) is 0 Å². The topological polar surface area (TPSA) is 104 Å². The minimum atomic E-state index is -0.948. The van der Waals surface area contributed by atoms with Gasteiger partial charge in [-0.1, -0.05) is 19.1 Å². The van der Waals surface area contributed by atoms with Gasteiger partial charge in [0.25, 0.3) is 5.91 Å². The van der Waals surface area contributed by atoms with E-state index in [1.165, 1.54) is 18.3 Å². The number of aromatic nitrogens is 1. The van der Waals surface area contributed by atoms with E-state index in [2.05, 4.69) is 20.5 Å². The van der Waals surface area contributed by atoms with Gasteiger partial charge in [0, 0.05) is 68.3 Å². The molecule has 4 rings (SSSR count). The van der Waals surface area contributed by atoms with Gasteiger partial charge in [0.05, 0.1) is 11.3 Å². The lowest BCUT2D eigenvalue weighted by Crippen LogP contribution is -2.48. The van der Waals surface area contributed by atoms with Crippen LogP contribution in [0, 0.1) is 11.6 Å². The molecule has 0 saturated carbocycles. The summed E-state index contributed by atoms with van der Waals surface area (Å²) in [6.45, 7) is 4.79. The number of hydrogen-bond acceptors (Lipinski definition) is 6. The van der Waals surface area contributed by atoms with Crippen LogP contribution in [0.15, 0.2) is 54.7 Å². The van der Waals surface area contributed by atoms with E-state index >= 15 is 0 Å². The molecule has 1 aliphatic heterocycles. The van der Waals surface area contributed by atoms with E-state index in [0.29, 0.717) is 31.0 Å². The predicted octanol–water partition coefficient (Wildman–Crippen LogP) is 3.87. The first-order chi connectivity index (χ1) is 17.4. The molecule has 0 bridgehead atoms. The number of nitrogens with two attached hydrogens (primary N) is 1. The highest BCUT2D eigenvalue weighted by Crippen LogP contribution is 2.25. The van der Waals surface area contributed by atoms with Crippen LogP contribution in [0.2, 0.25) is 0 Å². The normalized spacial score (nSPS) is 13.4. The first-order valence-corrected chi connectivity index (χ1v) is 11.7. The van der Waals surface area contributed by atoms with Crippen molar-refractivity contribution in [3.05, 3.63) is 77.5 Å². The van der Waals surface area contributed by atoms with Crippen LogP contribution in [0.3, 0.4) is 0 Å². The maximum absolute atomic E-state index is 14.0. The number of benzene rings is 2. The van der Waals surface area contributed by atoms with E-state index in [1.807, 2.05) is 36.1 Å². The van der Waals surface area contributed by atoms with Gasteiger partial charge in [0.2, 0.25) is 5.91 Å². The minimum Gasteiger partial charge on any atom is -0.380 e. The fourth-order valence-electron chi connectivity index (χ4n) is 4.08. The zero-order valence-corrected chi connectivity index (χ0v) is 19.9. The third kappa shape index (κ3) is 5.70. The zero-order chi connectivity index (χ0) is 25.7.